The normalized spacial score (nSPS) is 27.4. The third-order valence-electron chi connectivity index (χ3n) is 4.58. The first-order valence-electron chi connectivity index (χ1n) is 7.33. The highest BCUT2D eigenvalue weighted by Crippen LogP contribution is 2.42. The summed E-state index contributed by atoms with van der Waals surface area (Å²) in [7, 11) is 0. The topological polar surface area (TPSA) is 66.8 Å². The highest BCUT2D eigenvalue weighted by atomic mass is 16.6. The molecule has 1 N–H and O–H groups in total. The minimum atomic E-state index is -0.722. The number of fused-ring (bicyclic) bond motifs is 2. The molecule has 2 bridgehead atoms. The molecule has 0 spiro atoms. The van der Waals surface area contributed by atoms with E-state index < -0.39 is 5.97 Å². The van der Waals surface area contributed by atoms with Crippen LogP contribution in [-0.4, -0.2) is 35.2 Å². The number of carbonyl (C=O) groups excluding carboxylic acids is 1. The Morgan fingerprint density at radius 1 is 1.14 bits per heavy atom. The summed E-state index contributed by atoms with van der Waals surface area (Å²) in [5, 5.41) is 9.26. The average Bonchev–Trinajstić information content (AvgIpc) is 2.77. The first kappa shape index (κ1) is 13.9. The summed E-state index contributed by atoms with van der Waals surface area (Å²) < 4.78 is 5.33. The second-order valence-corrected chi connectivity index (χ2v) is 5.91. The summed E-state index contributed by atoms with van der Waals surface area (Å²) in [5.74, 6) is -0.862. The smallest absolute Gasteiger partial charge is 0.410 e. The van der Waals surface area contributed by atoms with E-state index >= 15 is 0 Å². The Bertz CT molecular complexity index is 516. The van der Waals surface area contributed by atoms with Gasteiger partial charge in [0.15, 0.2) is 0 Å². The zero-order valence-corrected chi connectivity index (χ0v) is 11.8. The van der Waals surface area contributed by atoms with Crippen molar-refractivity contribution in [2.45, 2.75) is 19.4 Å². The van der Waals surface area contributed by atoms with Crippen LogP contribution >= 0.6 is 0 Å². The van der Waals surface area contributed by atoms with Gasteiger partial charge in [0, 0.05) is 13.1 Å². The van der Waals surface area contributed by atoms with Gasteiger partial charge in [0.1, 0.15) is 6.61 Å². The van der Waals surface area contributed by atoms with Crippen molar-refractivity contribution in [1.29, 1.82) is 0 Å². The lowest BCUT2D eigenvalue weighted by Gasteiger charge is -2.35. The summed E-state index contributed by atoms with van der Waals surface area (Å²) in [6.45, 7) is 1.26. The Balaban J connectivity index is 1.56. The molecule has 2 atom stereocenters. The van der Waals surface area contributed by atoms with E-state index in [1.807, 2.05) is 30.3 Å². The molecular weight excluding hydrogens is 270 g/mol. The van der Waals surface area contributed by atoms with E-state index in [0.717, 1.165) is 18.4 Å². The number of piperidine rings is 1. The highest BCUT2D eigenvalue weighted by Gasteiger charge is 2.47. The minimum absolute atomic E-state index is 0.0746. The van der Waals surface area contributed by atoms with E-state index in [9.17, 15) is 14.7 Å². The van der Waals surface area contributed by atoms with E-state index in [1.54, 1.807) is 4.90 Å². The fraction of sp³-hybridized carbons (Fsp3) is 0.500. The number of carboxylic acid groups (broad SMARTS) is 1. The van der Waals surface area contributed by atoms with Crippen LogP contribution in [0.2, 0.25) is 0 Å². The molecular formula is C16H19NO4. The fourth-order valence-corrected chi connectivity index (χ4v) is 3.59. The second-order valence-electron chi connectivity index (χ2n) is 5.91. The van der Waals surface area contributed by atoms with E-state index in [0.29, 0.717) is 13.1 Å². The van der Waals surface area contributed by atoms with Gasteiger partial charge >= 0.3 is 12.1 Å². The summed E-state index contributed by atoms with van der Waals surface area (Å²) >= 11 is 0. The molecule has 21 heavy (non-hydrogen) atoms. The number of aliphatic carboxylic acids is 1. The summed E-state index contributed by atoms with van der Waals surface area (Å²) in [6, 6.07) is 9.55. The fourth-order valence-electron chi connectivity index (χ4n) is 3.59. The number of hydrogen-bond donors (Lipinski definition) is 1. The number of amides is 1. The number of benzene rings is 1. The van der Waals surface area contributed by atoms with Gasteiger partial charge in [0.05, 0.1) is 5.92 Å². The predicted molar refractivity (Wildman–Crippen MR) is 75.5 cm³/mol. The minimum Gasteiger partial charge on any atom is -0.481 e. The number of likely N-dealkylation sites (tertiary alicyclic amines) is 1. The molecule has 0 aromatic heterocycles. The third-order valence-corrected chi connectivity index (χ3v) is 4.58. The SMILES string of the molecule is O=C(O)C1C2CCC1CN(C(=O)OCc1ccccc1)C2. The first-order valence-corrected chi connectivity index (χ1v) is 7.33. The van der Waals surface area contributed by atoms with Crippen molar-refractivity contribution in [3.05, 3.63) is 35.9 Å². The van der Waals surface area contributed by atoms with Crippen LogP contribution in [0.4, 0.5) is 4.79 Å². The molecule has 2 unspecified atom stereocenters. The lowest BCUT2D eigenvalue weighted by Crippen LogP contribution is -2.47. The number of carbonyl (C=O) groups is 2. The Morgan fingerprint density at radius 3 is 2.33 bits per heavy atom. The summed E-state index contributed by atoms with van der Waals surface area (Å²) in [5.41, 5.74) is 0.953. The van der Waals surface area contributed by atoms with Crippen molar-refractivity contribution < 1.29 is 19.4 Å². The Morgan fingerprint density at radius 2 is 1.76 bits per heavy atom. The van der Waals surface area contributed by atoms with Gasteiger partial charge in [-0.1, -0.05) is 30.3 Å². The molecule has 1 aliphatic heterocycles. The molecule has 3 rings (SSSR count). The highest BCUT2D eigenvalue weighted by molar-refractivity contribution is 5.73. The van der Waals surface area contributed by atoms with Crippen LogP contribution in [0.1, 0.15) is 18.4 Å². The zero-order valence-electron chi connectivity index (χ0n) is 11.8. The Kier molecular flexibility index (Phi) is 3.82. The van der Waals surface area contributed by atoms with Crippen LogP contribution < -0.4 is 0 Å². The van der Waals surface area contributed by atoms with Gasteiger partial charge in [-0.05, 0) is 30.2 Å². The van der Waals surface area contributed by atoms with Crippen molar-refractivity contribution in [1.82, 2.24) is 4.90 Å². The Hall–Kier alpha value is -2.04. The molecule has 2 fully saturated rings. The maximum Gasteiger partial charge on any atom is 0.410 e. The molecule has 5 nitrogen and oxygen atoms in total. The second kappa shape index (κ2) is 5.76. The van der Waals surface area contributed by atoms with Crippen molar-refractivity contribution in [2.75, 3.05) is 13.1 Å². The van der Waals surface area contributed by atoms with Crippen molar-refractivity contribution in [3.8, 4) is 0 Å². The van der Waals surface area contributed by atoms with E-state index in [4.69, 9.17) is 4.74 Å². The molecule has 1 amide bonds. The lowest BCUT2D eigenvalue weighted by atomic mass is 9.85. The van der Waals surface area contributed by atoms with Crippen LogP contribution in [0.25, 0.3) is 0 Å². The number of nitrogens with zero attached hydrogens (tertiary/aromatic N) is 1. The number of ether oxygens (including phenoxy) is 1. The molecule has 2 aliphatic rings. The molecule has 5 heteroatoms. The maximum absolute atomic E-state index is 12.1. The maximum atomic E-state index is 12.1. The van der Waals surface area contributed by atoms with Crippen LogP contribution in [0, 0.1) is 17.8 Å². The molecule has 1 aromatic rings. The summed E-state index contributed by atoms with van der Waals surface area (Å²) in [4.78, 5) is 25.1. The van der Waals surface area contributed by atoms with E-state index in [1.165, 1.54) is 0 Å². The van der Waals surface area contributed by atoms with Gasteiger partial charge in [-0.25, -0.2) is 4.79 Å². The van der Waals surface area contributed by atoms with Crippen LogP contribution in [0.15, 0.2) is 30.3 Å². The van der Waals surface area contributed by atoms with Gasteiger partial charge in [0.2, 0.25) is 0 Å². The lowest BCUT2D eigenvalue weighted by molar-refractivity contribution is -0.146. The predicted octanol–water partition coefficient (Wildman–Crippen LogP) is 2.37. The molecule has 1 aliphatic carbocycles. The first-order chi connectivity index (χ1) is 10.1. The van der Waals surface area contributed by atoms with Gasteiger partial charge in [-0.3, -0.25) is 4.79 Å². The van der Waals surface area contributed by atoms with Gasteiger partial charge in [-0.2, -0.15) is 0 Å². The third kappa shape index (κ3) is 2.86. The van der Waals surface area contributed by atoms with E-state index in [2.05, 4.69) is 0 Å². The molecule has 1 saturated heterocycles. The quantitative estimate of drug-likeness (QED) is 0.927. The number of hydrogen-bond acceptors (Lipinski definition) is 3. The van der Waals surface area contributed by atoms with Gasteiger partial charge < -0.3 is 14.7 Å². The van der Waals surface area contributed by atoms with E-state index in [-0.39, 0.29) is 30.5 Å². The Labute approximate surface area is 123 Å². The van der Waals surface area contributed by atoms with Gasteiger partial charge in [0.25, 0.3) is 0 Å². The molecule has 1 heterocycles. The van der Waals surface area contributed by atoms with Crippen molar-refractivity contribution in [3.63, 3.8) is 0 Å². The standard InChI is InChI=1S/C16H19NO4/c18-15(19)14-12-6-7-13(14)9-17(8-12)16(20)21-10-11-4-2-1-3-5-11/h1-5,12-14H,6-10H2,(H,18,19). The summed E-state index contributed by atoms with van der Waals surface area (Å²) in [6.07, 6.45) is 1.45. The largest absolute Gasteiger partial charge is 0.481 e. The zero-order chi connectivity index (χ0) is 14.8. The van der Waals surface area contributed by atoms with Gasteiger partial charge in [-0.15, -0.1) is 0 Å². The van der Waals surface area contributed by atoms with Crippen LogP contribution in [0.5, 0.6) is 0 Å². The molecule has 1 aromatic carbocycles. The number of carboxylic acids is 1. The molecule has 1 saturated carbocycles. The average molecular weight is 289 g/mol. The monoisotopic (exact) mass is 289 g/mol. The molecule has 0 radical (unpaired) electrons. The van der Waals surface area contributed by atoms with Crippen LogP contribution in [-0.2, 0) is 16.1 Å². The van der Waals surface area contributed by atoms with Crippen LogP contribution in [0.3, 0.4) is 0 Å². The van der Waals surface area contributed by atoms with Crippen molar-refractivity contribution in [2.24, 2.45) is 17.8 Å². The number of rotatable bonds is 3. The molecule has 112 valence electrons. The van der Waals surface area contributed by atoms with Crippen molar-refractivity contribution >= 4 is 12.1 Å².